The van der Waals surface area contributed by atoms with Crippen LogP contribution >= 0.6 is 11.6 Å². The number of rotatable bonds is 5. The Morgan fingerprint density at radius 1 is 1.03 bits per heavy atom. The van der Waals surface area contributed by atoms with Crippen LogP contribution in [0.1, 0.15) is 44.9 Å². The van der Waals surface area contributed by atoms with Gasteiger partial charge in [-0.1, -0.05) is 17.7 Å². The number of hydrogen-bond donors (Lipinski definition) is 0. The van der Waals surface area contributed by atoms with E-state index in [0.29, 0.717) is 37.7 Å². The highest BCUT2D eigenvalue weighted by Crippen LogP contribution is 2.30. The quantitative estimate of drug-likeness (QED) is 0.688. The van der Waals surface area contributed by atoms with Crippen LogP contribution in [0.4, 0.5) is 0 Å². The van der Waals surface area contributed by atoms with E-state index in [2.05, 4.69) is 0 Å². The minimum atomic E-state index is -0.106. The second-order valence-corrected chi connectivity index (χ2v) is 9.42. The molecule has 3 heterocycles. The fourth-order valence-corrected chi connectivity index (χ4v) is 5.16. The lowest BCUT2D eigenvalue weighted by atomic mass is 9.89. The molecule has 0 aliphatic carbocycles. The van der Waals surface area contributed by atoms with Crippen molar-refractivity contribution in [1.29, 1.82) is 0 Å². The number of carbonyl (C=O) groups excluding carboxylic acids is 2. The standard InChI is InChI=1S/C24H33ClN2O4/c25-20-5-4-6-21(16-20)31-22-7-12-27(24(29)18-8-13-30-14-9-18)17-19(22)15-23(28)26-10-2-1-3-11-26/h4-6,16,18-19,22H,1-3,7-15,17H2/t19-,22-/m0/s1. The van der Waals surface area contributed by atoms with Crippen LogP contribution < -0.4 is 4.74 Å². The van der Waals surface area contributed by atoms with Gasteiger partial charge in [-0.05, 0) is 50.3 Å². The molecular weight excluding hydrogens is 416 g/mol. The van der Waals surface area contributed by atoms with Gasteiger partial charge in [-0.2, -0.15) is 0 Å². The summed E-state index contributed by atoms with van der Waals surface area (Å²) in [7, 11) is 0. The average molecular weight is 449 g/mol. The van der Waals surface area contributed by atoms with Crippen LogP contribution in [0.15, 0.2) is 24.3 Å². The molecule has 3 fully saturated rings. The van der Waals surface area contributed by atoms with Crippen LogP contribution in [0.5, 0.6) is 5.75 Å². The Balaban J connectivity index is 1.44. The first kappa shape index (κ1) is 22.4. The number of ether oxygens (including phenoxy) is 2. The van der Waals surface area contributed by atoms with Crippen LogP contribution in [0.2, 0.25) is 5.02 Å². The molecule has 0 unspecified atom stereocenters. The third-order valence-electron chi connectivity index (χ3n) is 6.78. The molecule has 4 rings (SSSR count). The van der Waals surface area contributed by atoms with E-state index >= 15 is 0 Å². The van der Waals surface area contributed by atoms with Crippen molar-refractivity contribution in [3.63, 3.8) is 0 Å². The Hall–Kier alpha value is -1.79. The predicted molar refractivity (Wildman–Crippen MR) is 119 cm³/mol. The maximum Gasteiger partial charge on any atom is 0.225 e. The molecule has 0 N–H and O–H groups in total. The average Bonchev–Trinajstić information content (AvgIpc) is 2.81. The van der Waals surface area contributed by atoms with Crippen molar-refractivity contribution in [2.45, 2.75) is 51.0 Å². The van der Waals surface area contributed by atoms with Gasteiger partial charge in [-0.15, -0.1) is 0 Å². The van der Waals surface area contributed by atoms with Gasteiger partial charge in [0.25, 0.3) is 0 Å². The Labute approximate surface area is 189 Å². The van der Waals surface area contributed by atoms with Gasteiger partial charge < -0.3 is 19.3 Å². The van der Waals surface area contributed by atoms with E-state index in [0.717, 1.165) is 50.9 Å². The van der Waals surface area contributed by atoms with Gasteiger partial charge in [-0.25, -0.2) is 0 Å². The number of likely N-dealkylation sites (tertiary alicyclic amines) is 2. The molecule has 7 heteroatoms. The topological polar surface area (TPSA) is 59.1 Å². The third-order valence-corrected chi connectivity index (χ3v) is 7.01. The molecule has 0 aromatic heterocycles. The molecule has 2 amide bonds. The summed E-state index contributed by atoms with van der Waals surface area (Å²) in [5, 5.41) is 0.630. The number of piperidine rings is 2. The van der Waals surface area contributed by atoms with Gasteiger partial charge in [0.2, 0.25) is 11.8 Å². The predicted octanol–water partition coefficient (Wildman–Crippen LogP) is 3.77. The molecule has 3 aliphatic rings. The van der Waals surface area contributed by atoms with E-state index in [1.807, 2.05) is 34.1 Å². The number of hydrogen-bond acceptors (Lipinski definition) is 4. The van der Waals surface area contributed by atoms with E-state index in [-0.39, 0.29) is 29.8 Å². The number of amides is 2. The largest absolute Gasteiger partial charge is 0.490 e. The SMILES string of the molecule is O=C(C[C@H]1CN(C(=O)C2CCOCC2)CC[C@@H]1Oc1cccc(Cl)c1)N1CCCCC1. The van der Waals surface area contributed by atoms with Gasteiger partial charge in [-0.3, -0.25) is 9.59 Å². The van der Waals surface area contributed by atoms with Crippen LogP contribution in [-0.4, -0.2) is 67.1 Å². The van der Waals surface area contributed by atoms with Gasteiger partial charge in [0.1, 0.15) is 11.9 Å². The summed E-state index contributed by atoms with van der Waals surface area (Å²) < 4.78 is 11.7. The molecule has 6 nitrogen and oxygen atoms in total. The van der Waals surface area contributed by atoms with Gasteiger partial charge in [0.15, 0.2) is 0 Å². The molecule has 170 valence electrons. The van der Waals surface area contributed by atoms with Crippen molar-refractivity contribution in [2.75, 3.05) is 39.4 Å². The molecule has 0 spiro atoms. The lowest BCUT2D eigenvalue weighted by molar-refractivity contribution is -0.144. The Kier molecular flexibility index (Phi) is 7.72. The second-order valence-electron chi connectivity index (χ2n) is 8.98. The molecule has 2 atom stereocenters. The minimum absolute atomic E-state index is 0.0223. The van der Waals surface area contributed by atoms with Crippen molar-refractivity contribution in [1.82, 2.24) is 9.80 Å². The summed E-state index contributed by atoms with van der Waals surface area (Å²) in [6.45, 7) is 4.23. The Morgan fingerprint density at radius 2 is 1.81 bits per heavy atom. The highest BCUT2D eigenvalue weighted by Gasteiger charge is 2.37. The van der Waals surface area contributed by atoms with Crippen molar-refractivity contribution >= 4 is 23.4 Å². The number of nitrogens with zero attached hydrogens (tertiary/aromatic N) is 2. The summed E-state index contributed by atoms with van der Waals surface area (Å²) in [6.07, 6.45) is 5.96. The van der Waals surface area contributed by atoms with E-state index in [1.54, 1.807) is 0 Å². The van der Waals surface area contributed by atoms with Gasteiger partial charge >= 0.3 is 0 Å². The molecule has 3 aliphatic heterocycles. The molecule has 0 bridgehead atoms. The summed E-state index contributed by atoms with van der Waals surface area (Å²) >= 11 is 6.13. The van der Waals surface area contributed by atoms with E-state index in [4.69, 9.17) is 21.1 Å². The fourth-order valence-electron chi connectivity index (χ4n) is 4.98. The van der Waals surface area contributed by atoms with Crippen LogP contribution in [-0.2, 0) is 14.3 Å². The van der Waals surface area contributed by atoms with Crippen LogP contribution in [0, 0.1) is 11.8 Å². The monoisotopic (exact) mass is 448 g/mol. The smallest absolute Gasteiger partial charge is 0.225 e. The van der Waals surface area contributed by atoms with E-state index < -0.39 is 0 Å². The second kappa shape index (κ2) is 10.7. The molecule has 1 aromatic rings. The molecule has 0 saturated carbocycles. The highest BCUT2D eigenvalue weighted by atomic mass is 35.5. The van der Waals surface area contributed by atoms with Crippen LogP contribution in [0.3, 0.4) is 0 Å². The lowest BCUT2D eigenvalue weighted by Crippen LogP contribution is -2.51. The number of halogens is 1. The maximum absolute atomic E-state index is 13.1. The van der Waals surface area contributed by atoms with E-state index in [9.17, 15) is 9.59 Å². The highest BCUT2D eigenvalue weighted by molar-refractivity contribution is 6.30. The first-order valence-electron chi connectivity index (χ1n) is 11.7. The zero-order chi connectivity index (χ0) is 21.6. The van der Waals surface area contributed by atoms with E-state index in [1.165, 1.54) is 6.42 Å². The molecule has 1 aromatic carbocycles. The van der Waals surface area contributed by atoms with Crippen molar-refractivity contribution in [2.24, 2.45) is 11.8 Å². The summed E-state index contributed by atoms with van der Waals surface area (Å²) in [5.41, 5.74) is 0. The Bertz CT molecular complexity index is 762. The maximum atomic E-state index is 13.1. The lowest BCUT2D eigenvalue weighted by Gasteiger charge is -2.41. The molecule has 3 saturated heterocycles. The molecular formula is C24H33ClN2O4. The van der Waals surface area contributed by atoms with Gasteiger partial charge in [0, 0.05) is 69.1 Å². The molecule has 31 heavy (non-hydrogen) atoms. The number of carbonyl (C=O) groups is 2. The van der Waals surface area contributed by atoms with Crippen LogP contribution in [0.25, 0.3) is 0 Å². The molecule has 0 radical (unpaired) electrons. The third kappa shape index (κ3) is 5.92. The first-order valence-corrected chi connectivity index (χ1v) is 12.0. The summed E-state index contributed by atoms with van der Waals surface area (Å²) in [6, 6.07) is 7.40. The fraction of sp³-hybridized carbons (Fsp3) is 0.667. The van der Waals surface area contributed by atoms with Crippen molar-refractivity contribution < 1.29 is 19.1 Å². The summed E-state index contributed by atoms with van der Waals surface area (Å²) in [5.74, 6) is 1.13. The zero-order valence-electron chi connectivity index (χ0n) is 18.1. The number of benzene rings is 1. The first-order chi connectivity index (χ1) is 15.1. The van der Waals surface area contributed by atoms with Crippen molar-refractivity contribution in [3.05, 3.63) is 29.3 Å². The Morgan fingerprint density at radius 3 is 2.55 bits per heavy atom. The van der Waals surface area contributed by atoms with Crippen molar-refractivity contribution in [3.8, 4) is 5.75 Å². The normalized spacial score (nSPS) is 25.3. The van der Waals surface area contributed by atoms with Gasteiger partial charge in [0.05, 0.1) is 0 Å². The minimum Gasteiger partial charge on any atom is -0.490 e. The summed E-state index contributed by atoms with van der Waals surface area (Å²) in [4.78, 5) is 30.1. The zero-order valence-corrected chi connectivity index (χ0v) is 18.9.